The first-order valence-electron chi connectivity index (χ1n) is 7.25. The molecule has 0 aromatic heterocycles. The van der Waals surface area contributed by atoms with Crippen molar-refractivity contribution in [2.24, 2.45) is 16.8 Å². The fourth-order valence-electron chi connectivity index (χ4n) is 3.76. The van der Waals surface area contributed by atoms with Gasteiger partial charge in [-0.05, 0) is 43.9 Å². The molecule has 3 rings (SSSR count). The Morgan fingerprint density at radius 3 is 2.61 bits per heavy atom. The smallest absolute Gasteiger partial charge is 0.242 e. The maximum Gasteiger partial charge on any atom is 0.242 e. The number of nitrogens with zero attached hydrogens (tertiary/aromatic N) is 1. The molecule has 3 atom stereocenters. The minimum absolute atomic E-state index is 0.166. The van der Waals surface area contributed by atoms with Crippen molar-refractivity contribution in [3.8, 4) is 0 Å². The number of hydrogen-bond donors (Lipinski definition) is 1. The van der Waals surface area contributed by atoms with Crippen LogP contribution in [-0.2, 0) is 4.79 Å². The van der Waals surface area contributed by atoms with Crippen LogP contribution in [-0.4, -0.2) is 21.9 Å². The molecule has 2 bridgehead atoms. The van der Waals surface area contributed by atoms with Crippen LogP contribution in [0.25, 0.3) is 0 Å². The van der Waals surface area contributed by atoms with Gasteiger partial charge >= 0.3 is 0 Å². The number of nitrogens with one attached hydrogen (secondary N) is 1. The van der Waals surface area contributed by atoms with Crippen LogP contribution in [0.5, 0.6) is 0 Å². The molecule has 1 unspecified atom stereocenters. The fourth-order valence-corrected chi connectivity index (χ4v) is 4.90. The summed E-state index contributed by atoms with van der Waals surface area (Å²) in [6.07, 6.45) is 7.13. The van der Waals surface area contributed by atoms with E-state index in [1.165, 1.54) is 25.7 Å². The monoisotopic (exact) mass is 266 g/mol. The number of amides is 1. The predicted octanol–water partition coefficient (Wildman–Crippen LogP) is 2.95. The van der Waals surface area contributed by atoms with Gasteiger partial charge in [-0.2, -0.15) is 0 Å². The van der Waals surface area contributed by atoms with Crippen molar-refractivity contribution in [3.63, 3.8) is 0 Å². The van der Waals surface area contributed by atoms with E-state index in [-0.39, 0.29) is 10.7 Å². The van der Waals surface area contributed by atoms with E-state index in [4.69, 9.17) is 4.99 Å². The van der Waals surface area contributed by atoms with Crippen LogP contribution in [0.1, 0.15) is 52.4 Å². The highest BCUT2D eigenvalue weighted by atomic mass is 32.2. The Morgan fingerprint density at radius 1 is 1.33 bits per heavy atom. The molecule has 0 aromatic carbocycles. The third-order valence-corrected chi connectivity index (χ3v) is 6.61. The van der Waals surface area contributed by atoms with E-state index < -0.39 is 0 Å². The lowest BCUT2D eigenvalue weighted by Crippen LogP contribution is -2.35. The van der Waals surface area contributed by atoms with Crippen LogP contribution < -0.4 is 5.32 Å². The Balaban J connectivity index is 1.73. The molecule has 3 nitrogen and oxygen atoms in total. The molecular weight excluding hydrogens is 244 g/mol. The molecule has 3 fully saturated rings. The molecule has 4 heteroatoms. The molecule has 2 aliphatic carbocycles. The minimum Gasteiger partial charge on any atom is -0.304 e. The van der Waals surface area contributed by atoms with Gasteiger partial charge in [0.15, 0.2) is 5.17 Å². The molecule has 18 heavy (non-hydrogen) atoms. The van der Waals surface area contributed by atoms with Crippen molar-refractivity contribution < 1.29 is 4.79 Å². The molecular formula is C14H22N2OS. The lowest BCUT2D eigenvalue weighted by atomic mass is 9.96. The summed E-state index contributed by atoms with van der Waals surface area (Å²) >= 11 is 1.67. The van der Waals surface area contributed by atoms with Gasteiger partial charge in [-0.3, -0.25) is 9.79 Å². The van der Waals surface area contributed by atoms with Gasteiger partial charge in [0.2, 0.25) is 5.91 Å². The first-order valence-corrected chi connectivity index (χ1v) is 8.06. The van der Waals surface area contributed by atoms with Crippen molar-refractivity contribution in [2.45, 2.75) is 63.2 Å². The van der Waals surface area contributed by atoms with E-state index in [9.17, 15) is 4.79 Å². The number of aliphatic imine (C=N–C) groups is 1. The molecule has 1 saturated heterocycles. The van der Waals surface area contributed by atoms with Crippen molar-refractivity contribution in [1.82, 2.24) is 5.32 Å². The second kappa shape index (κ2) is 4.55. The van der Waals surface area contributed by atoms with Gasteiger partial charge in [0, 0.05) is 0 Å². The van der Waals surface area contributed by atoms with E-state index in [1.807, 2.05) is 0 Å². The van der Waals surface area contributed by atoms with Crippen molar-refractivity contribution in [1.29, 1.82) is 0 Å². The molecule has 1 N–H and O–H groups in total. The van der Waals surface area contributed by atoms with Crippen LogP contribution in [0.3, 0.4) is 0 Å². The van der Waals surface area contributed by atoms with Gasteiger partial charge in [-0.15, -0.1) is 0 Å². The number of hydrogen-bond acceptors (Lipinski definition) is 3. The Labute approximate surface area is 113 Å². The molecule has 1 aliphatic heterocycles. The SMILES string of the molecule is CCC1(CC)SC(=NC2C[C@H]3CC[C@@H]2C3)NC1=O. The summed E-state index contributed by atoms with van der Waals surface area (Å²) in [6, 6.07) is 0.482. The van der Waals surface area contributed by atoms with Crippen LogP contribution in [0.2, 0.25) is 0 Å². The highest BCUT2D eigenvalue weighted by Crippen LogP contribution is 2.47. The fraction of sp³-hybridized carbons (Fsp3) is 0.857. The molecule has 1 heterocycles. The van der Waals surface area contributed by atoms with E-state index >= 15 is 0 Å². The quantitative estimate of drug-likeness (QED) is 0.853. The van der Waals surface area contributed by atoms with Gasteiger partial charge in [-0.1, -0.05) is 32.0 Å². The molecule has 3 aliphatic rings. The van der Waals surface area contributed by atoms with Crippen molar-refractivity contribution in [3.05, 3.63) is 0 Å². The van der Waals surface area contributed by atoms with Gasteiger partial charge in [0.05, 0.1) is 6.04 Å². The summed E-state index contributed by atoms with van der Waals surface area (Å²) in [7, 11) is 0. The van der Waals surface area contributed by atoms with Crippen LogP contribution in [0, 0.1) is 11.8 Å². The van der Waals surface area contributed by atoms with Crippen LogP contribution >= 0.6 is 11.8 Å². The molecule has 0 spiro atoms. The van der Waals surface area contributed by atoms with E-state index in [1.54, 1.807) is 11.8 Å². The van der Waals surface area contributed by atoms with Gasteiger partial charge < -0.3 is 5.32 Å². The number of carbonyl (C=O) groups is 1. The van der Waals surface area contributed by atoms with Gasteiger partial charge in [0.25, 0.3) is 0 Å². The highest BCUT2D eigenvalue weighted by molar-refractivity contribution is 8.16. The van der Waals surface area contributed by atoms with Crippen LogP contribution in [0.15, 0.2) is 4.99 Å². The number of amidine groups is 1. The van der Waals surface area contributed by atoms with Gasteiger partial charge in [-0.25, -0.2) is 0 Å². The summed E-state index contributed by atoms with van der Waals surface area (Å²) in [5, 5.41) is 3.90. The van der Waals surface area contributed by atoms with Crippen molar-refractivity contribution >= 4 is 22.8 Å². The lowest BCUT2D eigenvalue weighted by Gasteiger charge is -2.20. The Hall–Kier alpha value is -0.510. The van der Waals surface area contributed by atoms with E-state index in [0.29, 0.717) is 6.04 Å². The maximum atomic E-state index is 12.1. The predicted molar refractivity (Wildman–Crippen MR) is 75.7 cm³/mol. The third-order valence-electron chi connectivity index (χ3n) is 5.05. The number of thioether (sulfide) groups is 1. The summed E-state index contributed by atoms with van der Waals surface area (Å²) in [5.74, 6) is 1.87. The third kappa shape index (κ3) is 1.89. The maximum absolute atomic E-state index is 12.1. The molecule has 1 amide bonds. The standard InChI is InChI=1S/C14H22N2OS/c1-3-14(4-2)12(17)16-13(18-14)15-11-8-9-5-6-10(11)7-9/h9-11H,3-8H2,1-2H3,(H,15,16,17)/t9-,10+,11?/m0/s1. The number of fused-ring (bicyclic) bond motifs is 2. The second-order valence-corrected chi connectivity index (χ2v) is 7.31. The zero-order chi connectivity index (χ0) is 12.8. The molecule has 100 valence electrons. The largest absolute Gasteiger partial charge is 0.304 e. The first kappa shape index (κ1) is 12.5. The first-order chi connectivity index (χ1) is 8.66. The summed E-state index contributed by atoms with van der Waals surface area (Å²) in [4.78, 5) is 16.9. The molecule has 0 aromatic rings. The van der Waals surface area contributed by atoms with E-state index in [0.717, 1.165) is 29.8 Å². The average molecular weight is 266 g/mol. The Morgan fingerprint density at radius 2 is 2.11 bits per heavy atom. The summed E-state index contributed by atoms with van der Waals surface area (Å²) < 4.78 is -0.254. The van der Waals surface area contributed by atoms with E-state index in [2.05, 4.69) is 19.2 Å². The minimum atomic E-state index is -0.254. The second-order valence-electron chi connectivity index (χ2n) is 5.93. The molecule has 0 radical (unpaired) electrons. The Bertz CT molecular complexity index is 389. The summed E-state index contributed by atoms with van der Waals surface area (Å²) in [5.41, 5.74) is 0. The van der Waals surface area contributed by atoms with Gasteiger partial charge in [0.1, 0.15) is 4.75 Å². The normalized spacial score (nSPS) is 39.6. The zero-order valence-electron chi connectivity index (χ0n) is 11.2. The summed E-state index contributed by atoms with van der Waals surface area (Å²) in [6.45, 7) is 4.19. The zero-order valence-corrected chi connectivity index (χ0v) is 12.1. The average Bonchev–Trinajstić information content (AvgIpc) is 3.04. The topological polar surface area (TPSA) is 41.5 Å². The number of rotatable bonds is 3. The Kier molecular flexibility index (Phi) is 3.16. The van der Waals surface area contributed by atoms with Crippen LogP contribution in [0.4, 0.5) is 0 Å². The highest BCUT2D eigenvalue weighted by Gasteiger charge is 2.45. The lowest BCUT2D eigenvalue weighted by molar-refractivity contribution is -0.121. The molecule has 2 saturated carbocycles. The van der Waals surface area contributed by atoms with Crippen molar-refractivity contribution in [2.75, 3.05) is 0 Å². The number of carbonyl (C=O) groups excluding carboxylic acids is 1.